The van der Waals surface area contributed by atoms with Crippen LogP contribution in [0.4, 0.5) is 0 Å². The van der Waals surface area contributed by atoms with Gasteiger partial charge in [0.1, 0.15) is 6.54 Å². The molecule has 1 N–H and O–H groups in total. The quantitative estimate of drug-likeness (QED) is 0.753. The molecular formula is C10H12N2O3. The Bertz CT molecular complexity index is 450. The van der Waals surface area contributed by atoms with Crippen LogP contribution in [-0.4, -0.2) is 20.6 Å². The number of aromatic nitrogens is 2. The van der Waals surface area contributed by atoms with Gasteiger partial charge >= 0.3 is 5.97 Å². The van der Waals surface area contributed by atoms with E-state index in [1.807, 2.05) is 0 Å². The third-order valence-corrected chi connectivity index (χ3v) is 2.62. The van der Waals surface area contributed by atoms with Gasteiger partial charge in [-0.25, -0.2) is 4.98 Å². The van der Waals surface area contributed by atoms with E-state index in [0.29, 0.717) is 5.56 Å². The number of aryl methyl sites for hydroxylation is 1. The number of hydrogen-bond acceptors (Lipinski definition) is 3. The van der Waals surface area contributed by atoms with E-state index in [0.717, 1.165) is 35.9 Å². The summed E-state index contributed by atoms with van der Waals surface area (Å²) in [5.74, 6) is -1.02. The van der Waals surface area contributed by atoms with E-state index in [4.69, 9.17) is 5.11 Å². The van der Waals surface area contributed by atoms with Crippen molar-refractivity contribution in [2.75, 3.05) is 0 Å². The van der Waals surface area contributed by atoms with E-state index in [-0.39, 0.29) is 12.1 Å². The molecular weight excluding hydrogens is 196 g/mol. The molecule has 1 heterocycles. The number of hydrogen-bond donors (Lipinski definition) is 1. The van der Waals surface area contributed by atoms with Gasteiger partial charge in [-0.05, 0) is 25.7 Å². The maximum absolute atomic E-state index is 11.8. The minimum absolute atomic E-state index is 0.192. The Morgan fingerprint density at radius 3 is 2.93 bits per heavy atom. The Hall–Kier alpha value is -1.65. The monoisotopic (exact) mass is 208 g/mol. The molecule has 0 saturated heterocycles. The lowest BCUT2D eigenvalue weighted by Crippen LogP contribution is -2.30. The summed E-state index contributed by atoms with van der Waals surface area (Å²) in [6.07, 6.45) is 4.93. The van der Waals surface area contributed by atoms with Crippen molar-refractivity contribution in [3.05, 3.63) is 27.9 Å². The van der Waals surface area contributed by atoms with Crippen LogP contribution in [0.15, 0.2) is 11.1 Å². The molecule has 1 aliphatic rings. The van der Waals surface area contributed by atoms with E-state index in [1.54, 1.807) is 0 Å². The summed E-state index contributed by atoms with van der Waals surface area (Å²) in [6.45, 7) is -0.306. The number of carboxylic acids is 1. The molecule has 0 aromatic carbocycles. The maximum atomic E-state index is 11.8. The average Bonchev–Trinajstić information content (AvgIpc) is 2.22. The molecule has 1 aromatic rings. The molecule has 0 unspecified atom stereocenters. The molecule has 0 spiro atoms. The molecule has 0 saturated carbocycles. The predicted molar refractivity (Wildman–Crippen MR) is 52.8 cm³/mol. The Labute approximate surface area is 86.4 Å². The average molecular weight is 208 g/mol. The summed E-state index contributed by atoms with van der Waals surface area (Å²) in [6, 6.07) is 0. The Morgan fingerprint density at radius 2 is 2.20 bits per heavy atom. The third kappa shape index (κ3) is 1.91. The fourth-order valence-corrected chi connectivity index (χ4v) is 1.89. The van der Waals surface area contributed by atoms with Gasteiger partial charge in [-0.15, -0.1) is 0 Å². The Morgan fingerprint density at radius 1 is 1.47 bits per heavy atom. The fourth-order valence-electron chi connectivity index (χ4n) is 1.89. The largest absolute Gasteiger partial charge is 0.480 e. The topological polar surface area (TPSA) is 72.2 Å². The lowest BCUT2D eigenvalue weighted by atomic mass is 9.97. The number of carboxylic acid groups (broad SMARTS) is 1. The van der Waals surface area contributed by atoms with Gasteiger partial charge in [0.05, 0.1) is 12.0 Å². The first-order valence-corrected chi connectivity index (χ1v) is 4.97. The SMILES string of the molecule is O=C(O)Cn1cnc2c(c1=O)CCCC2. The van der Waals surface area contributed by atoms with Crippen molar-refractivity contribution in [3.8, 4) is 0 Å². The van der Waals surface area contributed by atoms with Gasteiger partial charge in [0, 0.05) is 5.56 Å². The van der Waals surface area contributed by atoms with E-state index in [1.165, 1.54) is 6.33 Å². The summed E-state index contributed by atoms with van der Waals surface area (Å²) in [7, 11) is 0. The molecule has 5 heteroatoms. The molecule has 2 rings (SSSR count). The molecule has 0 atom stereocenters. The van der Waals surface area contributed by atoms with Crippen LogP contribution in [-0.2, 0) is 24.2 Å². The number of carbonyl (C=O) groups is 1. The van der Waals surface area contributed by atoms with Crippen LogP contribution in [0.3, 0.4) is 0 Å². The summed E-state index contributed by atoms with van der Waals surface area (Å²) < 4.78 is 1.16. The predicted octanol–water partition coefficient (Wildman–Crippen LogP) is 0.207. The van der Waals surface area contributed by atoms with Crippen molar-refractivity contribution in [1.29, 1.82) is 0 Å². The van der Waals surface area contributed by atoms with Crippen LogP contribution < -0.4 is 5.56 Å². The van der Waals surface area contributed by atoms with Crippen LogP contribution in [0.2, 0.25) is 0 Å². The molecule has 1 aliphatic carbocycles. The Balaban J connectivity index is 2.43. The molecule has 80 valence electrons. The molecule has 0 radical (unpaired) electrons. The van der Waals surface area contributed by atoms with Gasteiger partial charge < -0.3 is 5.11 Å². The van der Waals surface area contributed by atoms with Crippen molar-refractivity contribution in [2.45, 2.75) is 32.2 Å². The van der Waals surface area contributed by atoms with Gasteiger partial charge in [0.2, 0.25) is 0 Å². The van der Waals surface area contributed by atoms with Gasteiger partial charge in [-0.1, -0.05) is 0 Å². The maximum Gasteiger partial charge on any atom is 0.323 e. The van der Waals surface area contributed by atoms with Crippen LogP contribution in [0.1, 0.15) is 24.1 Å². The van der Waals surface area contributed by atoms with E-state index in [9.17, 15) is 9.59 Å². The highest BCUT2D eigenvalue weighted by molar-refractivity contribution is 5.66. The molecule has 5 nitrogen and oxygen atoms in total. The van der Waals surface area contributed by atoms with Crippen molar-refractivity contribution >= 4 is 5.97 Å². The molecule has 0 aliphatic heterocycles. The molecule has 0 amide bonds. The second-order valence-corrected chi connectivity index (χ2v) is 3.70. The van der Waals surface area contributed by atoms with Crippen molar-refractivity contribution in [1.82, 2.24) is 9.55 Å². The van der Waals surface area contributed by atoms with Crippen molar-refractivity contribution < 1.29 is 9.90 Å². The minimum Gasteiger partial charge on any atom is -0.480 e. The zero-order valence-corrected chi connectivity index (χ0v) is 8.27. The highest BCUT2D eigenvalue weighted by Crippen LogP contribution is 2.14. The van der Waals surface area contributed by atoms with Gasteiger partial charge in [0.15, 0.2) is 0 Å². The highest BCUT2D eigenvalue weighted by Gasteiger charge is 2.16. The van der Waals surface area contributed by atoms with Crippen LogP contribution in [0.5, 0.6) is 0 Å². The highest BCUT2D eigenvalue weighted by atomic mass is 16.4. The standard InChI is InChI=1S/C10H12N2O3/c13-9(14)5-12-6-11-8-4-2-1-3-7(8)10(12)15/h6H,1-5H2,(H,13,14). The molecule has 1 aromatic heterocycles. The molecule has 0 fully saturated rings. The summed E-state index contributed by atoms with van der Waals surface area (Å²) in [4.78, 5) is 26.4. The second kappa shape index (κ2) is 3.84. The van der Waals surface area contributed by atoms with Crippen LogP contribution >= 0.6 is 0 Å². The molecule has 0 bridgehead atoms. The first-order valence-electron chi connectivity index (χ1n) is 4.97. The van der Waals surface area contributed by atoms with Crippen LogP contribution in [0, 0.1) is 0 Å². The van der Waals surface area contributed by atoms with Crippen molar-refractivity contribution in [3.63, 3.8) is 0 Å². The number of rotatable bonds is 2. The summed E-state index contributed by atoms with van der Waals surface area (Å²) in [5.41, 5.74) is 1.35. The third-order valence-electron chi connectivity index (χ3n) is 2.62. The number of fused-ring (bicyclic) bond motifs is 1. The van der Waals surface area contributed by atoms with Gasteiger partial charge in [-0.3, -0.25) is 14.2 Å². The normalized spacial score (nSPS) is 14.7. The van der Waals surface area contributed by atoms with Crippen molar-refractivity contribution in [2.24, 2.45) is 0 Å². The first kappa shape index (κ1) is 9.89. The van der Waals surface area contributed by atoms with E-state index >= 15 is 0 Å². The number of nitrogens with zero attached hydrogens (tertiary/aromatic N) is 2. The second-order valence-electron chi connectivity index (χ2n) is 3.70. The lowest BCUT2D eigenvalue weighted by Gasteiger charge is -2.14. The van der Waals surface area contributed by atoms with E-state index < -0.39 is 5.97 Å². The van der Waals surface area contributed by atoms with Gasteiger partial charge in [0.25, 0.3) is 5.56 Å². The fraction of sp³-hybridized carbons (Fsp3) is 0.500. The number of aliphatic carboxylic acids is 1. The minimum atomic E-state index is -1.02. The smallest absolute Gasteiger partial charge is 0.323 e. The van der Waals surface area contributed by atoms with Crippen LogP contribution in [0.25, 0.3) is 0 Å². The summed E-state index contributed by atoms with van der Waals surface area (Å²) in [5, 5.41) is 8.61. The van der Waals surface area contributed by atoms with E-state index in [2.05, 4.69) is 4.98 Å². The summed E-state index contributed by atoms with van der Waals surface area (Å²) >= 11 is 0. The molecule has 15 heavy (non-hydrogen) atoms. The zero-order valence-electron chi connectivity index (χ0n) is 8.27. The zero-order chi connectivity index (χ0) is 10.8. The van der Waals surface area contributed by atoms with Gasteiger partial charge in [-0.2, -0.15) is 0 Å². The first-order chi connectivity index (χ1) is 7.18. The lowest BCUT2D eigenvalue weighted by molar-refractivity contribution is -0.137. The Kier molecular flexibility index (Phi) is 2.53.